The Hall–Kier alpha value is -2.14. The minimum Gasteiger partial charge on any atom is -0.483 e. The van der Waals surface area contributed by atoms with Crippen molar-refractivity contribution in [3.8, 4) is 5.75 Å². The molecule has 0 aliphatic heterocycles. The van der Waals surface area contributed by atoms with Gasteiger partial charge in [-0.3, -0.25) is 9.59 Å². The van der Waals surface area contributed by atoms with Crippen molar-refractivity contribution in [2.24, 2.45) is 0 Å². The third kappa shape index (κ3) is 4.52. The van der Waals surface area contributed by atoms with Gasteiger partial charge in [0.15, 0.2) is 12.9 Å². The minimum absolute atomic E-state index is 0.0891. The molecule has 5 heteroatoms. The topological polar surface area (TPSA) is 55.4 Å². The van der Waals surface area contributed by atoms with Crippen molar-refractivity contribution in [2.45, 2.75) is 38.6 Å². The van der Waals surface area contributed by atoms with Crippen LogP contribution in [0.25, 0.3) is 0 Å². The van der Waals surface area contributed by atoms with Crippen LogP contribution >= 0.6 is 15.9 Å². The first-order valence-corrected chi connectivity index (χ1v) is 9.64. The molecule has 4 nitrogen and oxygen atoms in total. The van der Waals surface area contributed by atoms with Crippen LogP contribution in [0.1, 0.15) is 52.9 Å². The van der Waals surface area contributed by atoms with Crippen LogP contribution in [0.3, 0.4) is 0 Å². The van der Waals surface area contributed by atoms with E-state index in [0.29, 0.717) is 17.6 Å². The molecule has 1 atom stereocenters. The van der Waals surface area contributed by atoms with E-state index in [1.807, 2.05) is 6.92 Å². The Labute approximate surface area is 162 Å². The van der Waals surface area contributed by atoms with Crippen molar-refractivity contribution < 1.29 is 14.3 Å². The lowest BCUT2D eigenvalue weighted by Crippen LogP contribution is -2.31. The molecule has 0 saturated heterocycles. The van der Waals surface area contributed by atoms with Crippen LogP contribution in [-0.2, 0) is 17.6 Å². The summed E-state index contributed by atoms with van der Waals surface area (Å²) in [6, 6.07) is 11.5. The number of aryl methyl sites for hydroxylation is 2. The van der Waals surface area contributed by atoms with Crippen molar-refractivity contribution in [1.29, 1.82) is 0 Å². The molecule has 1 aliphatic carbocycles. The van der Waals surface area contributed by atoms with E-state index < -0.39 is 0 Å². The molecule has 0 bridgehead atoms. The van der Waals surface area contributed by atoms with Crippen molar-refractivity contribution >= 4 is 28.1 Å². The highest BCUT2D eigenvalue weighted by molar-refractivity contribution is 9.10. The first-order valence-electron chi connectivity index (χ1n) is 8.85. The normalized spacial score (nSPS) is 14.2. The molecule has 0 aromatic heterocycles. The summed E-state index contributed by atoms with van der Waals surface area (Å²) in [5.74, 6) is 0.190. The molecule has 26 heavy (non-hydrogen) atoms. The van der Waals surface area contributed by atoms with E-state index in [2.05, 4.69) is 39.4 Å². The second-order valence-electron chi connectivity index (χ2n) is 6.61. The number of hydrogen-bond donors (Lipinski definition) is 1. The van der Waals surface area contributed by atoms with Crippen LogP contribution in [0.15, 0.2) is 40.9 Å². The fourth-order valence-corrected chi connectivity index (χ4v) is 3.65. The van der Waals surface area contributed by atoms with Gasteiger partial charge in [-0.1, -0.05) is 34.1 Å². The van der Waals surface area contributed by atoms with Crippen LogP contribution in [-0.4, -0.2) is 18.8 Å². The second-order valence-corrected chi connectivity index (χ2v) is 7.53. The Bertz CT molecular complexity index is 819. The summed E-state index contributed by atoms with van der Waals surface area (Å²) in [7, 11) is 0. The van der Waals surface area contributed by atoms with Gasteiger partial charge in [-0.25, -0.2) is 0 Å². The monoisotopic (exact) mass is 415 g/mol. The maximum Gasteiger partial charge on any atom is 0.258 e. The van der Waals surface area contributed by atoms with E-state index in [1.54, 1.807) is 18.2 Å². The molecule has 1 aliphatic rings. The molecule has 136 valence electrons. The fourth-order valence-electron chi connectivity index (χ4n) is 3.28. The zero-order valence-corrected chi connectivity index (χ0v) is 16.3. The Kier molecular flexibility index (Phi) is 6.09. The van der Waals surface area contributed by atoms with Gasteiger partial charge in [0, 0.05) is 4.47 Å². The van der Waals surface area contributed by atoms with Gasteiger partial charge in [-0.15, -0.1) is 0 Å². The van der Waals surface area contributed by atoms with Gasteiger partial charge in [0.25, 0.3) is 5.91 Å². The largest absolute Gasteiger partial charge is 0.483 e. The number of fused-ring (bicyclic) bond motifs is 1. The average Bonchev–Trinajstić information content (AvgIpc) is 2.66. The summed E-state index contributed by atoms with van der Waals surface area (Å²) in [4.78, 5) is 23.3. The number of carbonyl (C=O) groups excluding carboxylic acids is 2. The molecule has 2 aromatic rings. The Morgan fingerprint density at radius 2 is 1.96 bits per heavy atom. The van der Waals surface area contributed by atoms with E-state index in [-0.39, 0.29) is 18.6 Å². The summed E-state index contributed by atoms with van der Waals surface area (Å²) in [6.45, 7) is 1.84. The second kappa shape index (κ2) is 8.49. The molecule has 0 heterocycles. The van der Waals surface area contributed by atoms with Crippen molar-refractivity contribution in [1.82, 2.24) is 5.32 Å². The number of carbonyl (C=O) groups is 2. The fraction of sp³-hybridized carbons (Fsp3) is 0.333. The van der Waals surface area contributed by atoms with Gasteiger partial charge in [0.2, 0.25) is 0 Å². The van der Waals surface area contributed by atoms with Gasteiger partial charge in [0.1, 0.15) is 5.75 Å². The molecule has 0 spiro atoms. The Morgan fingerprint density at radius 3 is 2.73 bits per heavy atom. The zero-order valence-electron chi connectivity index (χ0n) is 14.8. The number of nitrogens with one attached hydrogen (secondary N) is 1. The molecule has 0 radical (unpaired) electrons. The maximum absolute atomic E-state index is 12.2. The molecule has 0 saturated carbocycles. The molecular weight excluding hydrogens is 394 g/mol. The maximum atomic E-state index is 12.2. The zero-order chi connectivity index (χ0) is 18.5. The van der Waals surface area contributed by atoms with Crippen molar-refractivity contribution in [3.63, 3.8) is 0 Å². The molecular formula is C21H22BrNO3. The number of hydrogen-bond acceptors (Lipinski definition) is 3. The summed E-state index contributed by atoms with van der Waals surface area (Å²) in [5, 5.41) is 2.96. The van der Waals surface area contributed by atoms with Crippen LogP contribution in [0.4, 0.5) is 0 Å². The number of ether oxygens (including phenoxy) is 1. The smallest absolute Gasteiger partial charge is 0.258 e. The lowest BCUT2D eigenvalue weighted by atomic mass is 9.89. The number of halogens is 1. The van der Waals surface area contributed by atoms with Gasteiger partial charge < -0.3 is 10.1 Å². The van der Waals surface area contributed by atoms with E-state index in [0.717, 1.165) is 22.9 Å². The van der Waals surface area contributed by atoms with Crippen LogP contribution in [0.5, 0.6) is 5.75 Å². The SMILES string of the molecule is CC(NC(=O)COc1ccc(Br)cc1C=O)c1ccc2c(c1)CCCC2. The highest BCUT2D eigenvalue weighted by Gasteiger charge is 2.15. The highest BCUT2D eigenvalue weighted by atomic mass is 79.9. The highest BCUT2D eigenvalue weighted by Crippen LogP contribution is 2.25. The van der Waals surface area contributed by atoms with Crippen LogP contribution < -0.4 is 10.1 Å². The Morgan fingerprint density at radius 1 is 1.19 bits per heavy atom. The summed E-state index contributed by atoms with van der Waals surface area (Å²) >= 11 is 3.31. The van der Waals surface area contributed by atoms with Gasteiger partial charge in [-0.05, 0) is 67.5 Å². The van der Waals surface area contributed by atoms with E-state index >= 15 is 0 Å². The lowest BCUT2D eigenvalue weighted by Gasteiger charge is -2.20. The van der Waals surface area contributed by atoms with Crippen molar-refractivity contribution in [3.05, 3.63) is 63.1 Å². The number of benzene rings is 2. The number of rotatable bonds is 6. The molecule has 1 unspecified atom stereocenters. The number of aldehydes is 1. The van der Waals surface area contributed by atoms with E-state index in [9.17, 15) is 9.59 Å². The minimum atomic E-state index is -0.213. The summed E-state index contributed by atoms with van der Waals surface area (Å²) < 4.78 is 6.30. The third-order valence-corrected chi connectivity index (χ3v) is 5.20. The van der Waals surface area contributed by atoms with Gasteiger partial charge >= 0.3 is 0 Å². The Balaban J connectivity index is 1.59. The van der Waals surface area contributed by atoms with Crippen molar-refractivity contribution in [2.75, 3.05) is 6.61 Å². The molecule has 1 amide bonds. The third-order valence-electron chi connectivity index (χ3n) is 4.71. The standard InChI is InChI=1S/C21H22BrNO3/c1-14(16-7-6-15-4-2-3-5-17(15)10-16)23-21(25)13-26-20-9-8-19(22)11-18(20)12-24/h6-12,14H,2-5,13H2,1H3,(H,23,25). The predicted molar refractivity (Wildman–Crippen MR) is 105 cm³/mol. The summed E-state index contributed by atoms with van der Waals surface area (Å²) in [6.07, 6.45) is 5.47. The summed E-state index contributed by atoms with van der Waals surface area (Å²) in [5.41, 5.74) is 4.35. The van der Waals surface area contributed by atoms with E-state index in [4.69, 9.17) is 4.74 Å². The lowest BCUT2D eigenvalue weighted by molar-refractivity contribution is -0.123. The quantitative estimate of drug-likeness (QED) is 0.711. The van der Waals surface area contributed by atoms with E-state index in [1.165, 1.54) is 24.0 Å². The molecule has 2 aromatic carbocycles. The molecule has 1 N–H and O–H groups in total. The first-order chi connectivity index (χ1) is 12.6. The van der Waals surface area contributed by atoms with Gasteiger partial charge in [-0.2, -0.15) is 0 Å². The van der Waals surface area contributed by atoms with Crippen LogP contribution in [0.2, 0.25) is 0 Å². The molecule has 0 fully saturated rings. The first kappa shape index (κ1) is 18.6. The number of amides is 1. The molecule has 3 rings (SSSR count). The van der Waals surface area contributed by atoms with Crippen LogP contribution in [0, 0.1) is 0 Å². The predicted octanol–water partition coefficient (Wildman–Crippen LogP) is 4.40. The van der Waals surface area contributed by atoms with Gasteiger partial charge in [0.05, 0.1) is 11.6 Å². The average molecular weight is 416 g/mol.